The molecule has 0 saturated carbocycles. The largest absolute Gasteiger partial charge is 0.495 e. The summed E-state index contributed by atoms with van der Waals surface area (Å²) < 4.78 is 37.5. The summed E-state index contributed by atoms with van der Waals surface area (Å²) >= 11 is 12.0. The molecule has 0 atom stereocenters. The number of hydrogen-bond acceptors (Lipinski definition) is 4. The molecule has 0 unspecified atom stereocenters. The summed E-state index contributed by atoms with van der Waals surface area (Å²) in [6, 6.07) is 9.39. The van der Waals surface area contributed by atoms with Crippen molar-refractivity contribution in [2.24, 2.45) is 0 Å². The van der Waals surface area contributed by atoms with E-state index < -0.39 is 10.0 Å². The molecule has 2 aromatic rings. The van der Waals surface area contributed by atoms with Gasteiger partial charge in [0.15, 0.2) is 0 Å². The zero-order chi connectivity index (χ0) is 16.3. The van der Waals surface area contributed by atoms with Crippen LogP contribution in [-0.2, 0) is 10.0 Å². The van der Waals surface area contributed by atoms with Gasteiger partial charge in [0.1, 0.15) is 21.4 Å². The second-order valence-corrected chi connectivity index (χ2v) is 6.61. The molecule has 0 bridgehead atoms. The van der Waals surface area contributed by atoms with Gasteiger partial charge in [0.2, 0.25) is 0 Å². The van der Waals surface area contributed by atoms with Crippen molar-refractivity contribution in [3.63, 3.8) is 0 Å². The molecule has 0 heterocycles. The Kier molecular flexibility index (Phi) is 5.05. The highest BCUT2D eigenvalue weighted by Crippen LogP contribution is 2.37. The summed E-state index contributed by atoms with van der Waals surface area (Å²) in [5, 5.41) is -0.0736. The van der Waals surface area contributed by atoms with Gasteiger partial charge in [0, 0.05) is 0 Å². The van der Waals surface area contributed by atoms with Gasteiger partial charge < -0.3 is 9.47 Å². The smallest absolute Gasteiger partial charge is 0.263 e. The van der Waals surface area contributed by atoms with E-state index >= 15 is 0 Å². The van der Waals surface area contributed by atoms with Crippen LogP contribution in [-0.4, -0.2) is 22.6 Å². The van der Waals surface area contributed by atoms with Gasteiger partial charge in [0.25, 0.3) is 10.0 Å². The molecule has 22 heavy (non-hydrogen) atoms. The fourth-order valence-corrected chi connectivity index (χ4v) is 3.72. The number of sulfonamides is 1. The minimum atomic E-state index is -3.93. The van der Waals surface area contributed by atoms with Crippen LogP contribution in [0.4, 0.5) is 5.69 Å². The molecule has 0 fully saturated rings. The van der Waals surface area contributed by atoms with Gasteiger partial charge in [-0.1, -0.05) is 35.3 Å². The summed E-state index contributed by atoms with van der Waals surface area (Å²) in [5.74, 6) is 0.685. The van der Waals surface area contributed by atoms with Gasteiger partial charge >= 0.3 is 0 Å². The van der Waals surface area contributed by atoms with Crippen molar-refractivity contribution >= 4 is 38.9 Å². The van der Waals surface area contributed by atoms with Crippen LogP contribution in [0.3, 0.4) is 0 Å². The Balaban J connectivity index is 2.46. The average Bonchev–Trinajstić information content (AvgIpc) is 2.50. The van der Waals surface area contributed by atoms with Crippen molar-refractivity contribution in [1.29, 1.82) is 0 Å². The van der Waals surface area contributed by atoms with Crippen molar-refractivity contribution in [3.05, 3.63) is 46.4 Å². The Morgan fingerprint density at radius 3 is 2.18 bits per heavy atom. The molecule has 0 radical (unpaired) electrons. The Bertz CT molecular complexity index is 793. The fraction of sp³-hybridized carbons (Fsp3) is 0.143. The lowest BCUT2D eigenvalue weighted by Gasteiger charge is -2.14. The third-order valence-electron chi connectivity index (χ3n) is 2.87. The monoisotopic (exact) mass is 361 g/mol. The second-order valence-electron chi connectivity index (χ2n) is 4.20. The minimum absolute atomic E-state index is 0.0343. The average molecular weight is 362 g/mol. The number of halogens is 2. The summed E-state index contributed by atoms with van der Waals surface area (Å²) in [4.78, 5) is -0.147. The van der Waals surface area contributed by atoms with Crippen LogP contribution >= 0.6 is 23.2 Å². The predicted octanol–water partition coefficient (Wildman–Crippen LogP) is 3.81. The molecule has 0 aliphatic heterocycles. The Labute approximate surface area is 138 Å². The first kappa shape index (κ1) is 16.7. The zero-order valence-electron chi connectivity index (χ0n) is 11.8. The van der Waals surface area contributed by atoms with E-state index in [0.717, 1.165) is 0 Å². The summed E-state index contributed by atoms with van der Waals surface area (Å²) in [7, 11) is -1.06. The van der Waals surface area contributed by atoms with Crippen molar-refractivity contribution in [2.75, 3.05) is 18.9 Å². The minimum Gasteiger partial charge on any atom is -0.495 e. The summed E-state index contributed by atoms with van der Waals surface area (Å²) in [6.07, 6.45) is 0. The molecule has 0 amide bonds. The third-order valence-corrected chi connectivity index (χ3v) is 5.26. The van der Waals surface area contributed by atoms with Crippen LogP contribution in [0, 0.1) is 0 Å². The van der Waals surface area contributed by atoms with E-state index in [1.54, 1.807) is 24.3 Å². The van der Waals surface area contributed by atoms with Crippen molar-refractivity contribution in [3.8, 4) is 11.5 Å². The van der Waals surface area contributed by atoms with Gasteiger partial charge in [-0.05, 0) is 24.3 Å². The second kappa shape index (κ2) is 6.64. The lowest BCUT2D eigenvalue weighted by Crippen LogP contribution is -2.14. The highest BCUT2D eigenvalue weighted by molar-refractivity contribution is 7.92. The highest BCUT2D eigenvalue weighted by atomic mass is 35.5. The van der Waals surface area contributed by atoms with E-state index in [0.29, 0.717) is 17.2 Å². The third kappa shape index (κ3) is 3.24. The van der Waals surface area contributed by atoms with Gasteiger partial charge in [-0.2, -0.15) is 0 Å². The molecule has 2 aromatic carbocycles. The lowest BCUT2D eigenvalue weighted by atomic mass is 10.3. The number of para-hydroxylation sites is 2. The molecular weight excluding hydrogens is 349 g/mol. The lowest BCUT2D eigenvalue weighted by molar-refractivity contribution is 0.414. The number of methoxy groups -OCH3 is 2. The number of rotatable bonds is 5. The first-order chi connectivity index (χ1) is 10.4. The van der Waals surface area contributed by atoms with Crippen LogP contribution in [0.15, 0.2) is 41.3 Å². The molecule has 2 rings (SSSR count). The first-order valence-corrected chi connectivity index (χ1v) is 8.32. The van der Waals surface area contributed by atoms with Gasteiger partial charge in [-0.3, -0.25) is 4.72 Å². The predicted molar refractivity (Wildman–Crippen MR) is 86.8 cm³/mol. The maximum atomic E-state index is 12.5. The topological polar surface area (TPSA) is 64.6 Å². The van der Waals surface area contributed by atoms with E-state index in [2.05, 4.69) is 4.72 Å². The molecule has 0 saturated heterocycles. The van der Waals surface area contributed by atoms with Crippen LogP contribution in [0.5, 0.6) is 11.5 Å². The first-order valence-electron chi connectivity index (χ1n) is 6.08. The SMILES string of the molecule is COc1ccccc1NS(=O)(=O)c1ccc(OC)c(Cl)c1Cl. The van der Waals surface area contributed by atoms with Crippen molar-refractivity contribution in [2.45, 2.75) is 4.90 Å². The van der Waals surface area contributed by atoms with Gasteiger partial charge in [-0.15, -0.1) is 0 Å². The van der Waals surface area contributed by atoms with Gasteiger partial charge in [0.05, 0.1) is 24.9 Å². The molecule has 0 aromatic heterocycles. The zero-order valence-corrected chi connectivity index (χ0v) is 14.1. The number of benzene rings is 2. The highest BCUT2D eigenvalue weighted by Gasteiger charge is 2.23. The molecule has 0 spiro atoms. The van der Waals surface area contributed by atoms with E-state index in [1.165, 1.54) is 26.4 Å². The van der Waals surface area contributed by atoms with E-state index in [1.807, 2.05) is 0 Å². The number of hydrogen-bond donors (Lipinski definition) is 1. The van der Waals surface area contributed by atoms with Crippen LogP contribution in [0.25, 0.3) is 0 Å². The standard InChI is InChI=1S/C14H13Cl2NO4S/c1-20-10-6-4-3-5-9(10)17-22(18,19)12-8-7-11(21-2)13(15)14(12)16/h3-8,17H,1-2H3. The molecule has 1 N–H and O–H groups in total. The molecular formula is C14H13Cl2NO4S. The molecule has 0 aliphatic rings. The molecule has 118 valence electrons. The van der Waals surface area contributed by atoms with Crippen molar-refractivity contribution < 1.29 is 17.9 Å². The summed E-state index contributed by atoms with van der Waals surface area (Å²) in [6.45, 7) is 0. The van der Waals surface area contributed by atoms with E-state index in [-0.39, 0.29) is 14.9 Å². The maximum Gasteiger partial charge on any atom is 0.263 e. The Morgan fingerprint density at radius 2 is 1.55 bits per heavy atom. The van der Waals surface area contributed by atoms with E-state index in [4.69, 9.17) is 32.7 Å². The van der Waals surface area contributed by atoms with Gasteiger partial charge in [-0.25, -0.2) is 8.42 Å². The quantitative estimate of drug-likeness (QED) is 0.879. The van der Waals surface area contributed by atoms with Crippen molar-refractivity contribution in [1.82, 2.24) is 0 Å². The van der Waals surface area contributed by atoms with Crippen LogP contribution in [0.2, 0.25) is 10.0 Å². The molecule has 0 aliphatic carbocycles. The molecule has 8 heteroatoms. The van der Waals surface area contributed by atoms with Crippen LogP contribution in [0.1, 0.15) is 0 Å². The van der Waals surface area contributed by atoms with E-state index in [9.17, 15) is 8.42 Å². The Morgan fingerprint density at radius 1 is 0.909 bits per heavy atom. The number of ether oxygens (including phenoxy) is 2. The summed E-state index contributed by atoms with van der Waals surface area (Å²) in [5.41, 5.74) is 0.299. The Hall–Kier alpha value is -1.63. The number of nitrogens with one attached hydrogen (secondary N) is 1. The molecule has 5 nitrogen and oxygen atoms in total. The maximum absolute atomic E-state index is 12.5. The fourth-order valence-electron chi connectivity index (χ4n) is 1.81. The van der Waals surface area contributed by atoms with Crippen LogP contribution < -0.4 is 14.2 Å². The normalized spacial score (nSPS) is 11.1. The number of anilines is 1.